The van der Waals surface area contributed by atoms with Crippen molar-refractivity contribution in [3.05, 3.63) is 27.8 Å². The molecule has 0 saturated carbocycles. The fraction of sp³-hybridized carbons (Fsp3) is 0. The van der Waals surface area contributed by atoms with E-state index in [-0.39, 0.29) is 5.75 Å². The molecular formula is C6H4IO. The molecule has 1 nitrogen and oxygen atoms in total. The smallest absolute Gasteiger partial charge is 0.117 e. The molecular weight excluding hydrogens is 215 g/mol. The summed E-state index contributed by atoms with van der Waals surface area (Å²) in [7, 11) is 0. The maximum Gasteiger partial charge on any atom is 0.117 e. The number of hydrogen-bond acceptors (Lipinski definition) is 1. The zero-order valence-corrected chi connectivity index (χ0v) is 6.21. The summed E-state index contributed by atoms with van der Waals surface area (Å²) < 4.78 is 1.00. The van der Waals surface area contributed by atoms with Crippen molar-refractivity contribution in [2.75, 3.05) is 0 Å². The minimum absolute atomic E-state index is 0.275. The van der Waals surface area contributed by atoms with Crippen LogP contribution < -0.4 is 0 Å². The molecule has 1 aromatic carbocycles. The van der Waals surface area contributed by atoms with Crippen molar-refractivity contribution >= 4 is 22.6 Å². The molecule has 0 aromatic heterocycles. The van der Waals surface area contributed by atoms with Crippen LogP contribution in [-0.4, -0.2) is 5.11 Å². The summed E-state index contributed by atoms with van der Waals surface area (Å²) in [6.07, 6.45) is 0. The lowest BCUT2D eigenvalue weighted by molar-refractivity contribution is 0.475. The Bertz CT molecular complexity index is 168. The Hall–Kier alpha value is -0.250. The molecule has 0 fully saturated rings. The molecule has 0 unspecified atom stereocenters. The first-order chi connectivity index (χ1) is 3.79. The van der Waals surface area contributed by atoms with Gasteiger partial charge in [-0.15, -0.1) is 0 Å². The first-order valence-electron chi connectivity index (χ1n) is 2.14. The highest BCUT2D eigenvalue weighted by atomic mass is 127. The van der Waals surface area contributed by atoms with E-state index in [1.807, 2.05) is 0 Å². The van der Waals surface area contributed by atoms with Gasteiger partial charge in [-0.2, -0.15) is 0 Å². The number of aromatic hydroxyl groups is 1. The Morgan fingerprint density at radius 1 is 1.50 bits per heavy atom. The highest BCUT2D eigenvalue weighted by Gasteiger charge is 1.85. The highest BCUT2D eigenvalue weighted by molar-refractivity contribution is 14.1. The van der Waals surface area contributed by atoms with Crippen LogP contribution in [0.2, 0.25) is 0 Å². The summed E-state index contributed by atoms with van der Waals surface area (Å²) in [6, 6.07) is 7.78. The molecule has 1 aromatic rings. The predicted molar refractivity (Wildman–Crippen MR) is 39.7 cm³/mol. The summed E-state index contributed by atoms with van der Waals surface area (Å²) in [5, 5.41) is 8.78. The second kappa shape index (κ2) is 2.35. The van der Waals surface area contributed by atoms with Gasteiger partial charge in [0.05, 0.1) is 0 Å². The molecule has 0 atom stereocenters. The monoisotopic (exact) mass is 219 g/mol. The largest absolute Gasteiger partial charge is 0.508 e. The van der Waals surface area contributed by atoms with Crippen molar-refractivity contribution < 1.29 is 5.11 Å². The van der Waals surface area contributed by atoms with Crippen molar-refractivity contribution in [2.24, 2.45) is 0 Å². The number of benzene rings is 1. The van der Waals surface area contributed by atoms with E-state index in [0.29, 0.717) is 0 Å². The van der Waals surface area contributed by atoms with Crippen LogP contribution in [0.5, 0.6) is 5.75 Å². The molecule has 0 spiro atoms. The van der Waals surface area contributed by atoms with Gasteiger partial charge in [0.2, 0.25) is 0 Å². The standard InChI is InChI=1S/C6H4IO/c7-5-2-1-3-6(8)4-5/h2-4,8H. The van der Waals surface area contributed by atoms with Gasteiger partial charge >= 0.3 is 0 Å². The number of rotatable bonds is 0. The molecule has 0 saturated heterocycles. The summed E-state index contributed by atoms with van der Waals surface area (Å²) in [5.74, 6) is 0.275. The van der Waals surface area contributed by atoms with E-state index in [9.17, 15) is 0 Å². The van der Waals surface area contributed by atoms with Gasteiger partial charge in [0.1, 0.15) is 5.75 Å². The van der Waals surface area contributed by atoms with Crippen molar-refractivity contribution in [2.45, 2.75) is 0 Å². The number of hydrogen-bond donors (Lipinski definition) is 1. The van der Waals surface area contributed by atoms with Crippen LogP contribution in [-0.2, 0) is 0 Å². The minimum atomic E-state index is 0.275. The molecule has 2 heteroatoms. The van der Waals surface area contributed by atoms with Crippen LogP contribution in [0.15, 0.2) is 18.2 Å². The van der Waals surface area contributed by atoms with Gasteiger partial charge in [-0.3, -0.25) is 0 Å². The zero-order chi connectivity index (χ0) is 5.98. The van der Waals surface area contributed by atoms with E-state index in [1.165, 1.54) is 6.07 Å². The van der Waals surface area contributed by atoms with Gasteiger partial charge in [0, 0.05) is 3.57 Å². The third-order valence-electron chi connectivity index (χ3n) is 0.738. The van der Waals surface area contributed by atoms with Crippen LogP contribution >= 0.6 is 22.6 Å². The van der Waals surface area contributed by atoms with Crippen LogP contribution in [0.4, 0.5) is 0 Å². The van der Waals surface area contributed by atoms with E-state index in [4.69, 9.17) is 5.11 Å². The Morgan fingerprint density at radius 2 is 2.25 bits per heavy atom. The molecule has 0 aliphatic rings. The van der Waals surface area contributed by atoms with Gasteiger partial charge in [-0.05, 0) is 46.9 Å². The van der Waals surface area contributed by atoms with Crippen molar-refractivity contribution in [3.63, 3.8) is 0 Å². The molecule has 1 rings (SSSR count). The van der Waals surface area contributed by atoms with Gasteiger partial charge < -0.3 is 5.11 Å². The molecule has 8 heavy (non-hydrogen) atoms. The maximum absolute atomic E-state index is 8.78. The fourth-order valence-electron chi connectivity index (χ4n) is 0.431. The van der Waals surface area contributed by atoms with E-state index in [1.54, 1.807) is 12.1 Å². The minimum Gasteiger partial charge on any atom is -0.508 e. The lowest BCUT2D eigenvalue weighted by Gasteiger charge is -1.87. The average molecular weight is 219 g/mol. The third-order valence-corrected chi connectivity index (χ3v) is 1.36. The lowest BCUT2D eigenvalue weighted by Crippen LogP contribution is -1.66. The summed E-state index contributed by atoms with van der Waals surface area (Å²) >= 11 is 2.11. The highest BCUT2D eigenvalue weighted by Crippen LogP contribution is 2.11. The first-order valence-corrected chi connectivity index (χ1v) is 3.22. The number of phenols is 1. The number of phenolic OH excluding ortho intramolecular Hbond substituents is 1. The normalized spacial score (nSPS) is 9.12. The Kier molecular flexibility index (Phi) is 1.73. The van der Waals surface area contributed by atoms with Crippen molar-refractivity contribution in [1.29, 1.82) is 0 Å². The third kappa shape index (κ3) is 1.36. The van der Waals surface area contributed by atoms with Gasteiger partial charge in [-0.1, -0.05) is 0 Å². The molecule has 0 bridgehead atoms. The zero-order valence-electron chi connectivity index (χ0n) is 4.06. The maximum atomic E-state index is 8.78. The van der Waals surface area contributed by atoms with Crippen LogP contribution in [0.25, 0.3) is 0 Å². The quantitative estimate of drug-likeness (QED) is 0.659. The van der Waals surface area contributed by atoms with E-state index >= 15 is 0 Å². The summed E-state index contributed by atoms with van der Waals surface area (Å²) in [4.78, 5) is 0. The number of halogens is 1. The molecule has 1 N–H and O–H groups in total. The van der Waals surface area contributed by atoms with Crippen molar-refractivity contribution in [1.82, 2.24) is 0 Å². The van der Waals surface area contributed by atoms with E-state index in [0.717, 1.165) is 3.57 Å². The molecule has 0 heterocycles. The molecule has 0 aliphatic heterocycles. The van der Waals surface area contributed by atoms with Gasteiger partial charge in [0.15, 0.2) is 0 Å². The molecule has 1 radical (unpaired) electrons. The van der Waals surface area contributed by atoms with E-state index < -0.39 is 0 Å². The first kappa shape index (κ1) is 5.88. The molecule has 41 valence electrons. The van der Waals surface area contributed by atoms with Crippen molar-refractivity contribution in [3.8, 4) is 5.75 Å². The fourth-order valence-corrected chi connectivity index (χ4v) is 0.930. The second-order valence-electron chi connectivity index (χ2n) is 1.41. The average Bonchev–Trinajstić information content (AvgIpc) is 1.64. The Labute approximate surface area is 61.5 Å². The SMILES string of the molecule is Oc1c[c]cc(I)c1. The summed E-state index contributed by atoms with van der Waals surface area (Å²) in [5.41, 5.74) is 0. The van der Waals surface area contributed by atoms with Crippen LogP contribution in [0.3, 0.4) is 0 Å². The molecule has 0 amide bonds. The topological polar surface area (TPSA) is 20.2 Å². The lowest BCUT2D eigenvalue weighted by atomic mass is 10.3. The van der Waals surface area contributed by atoms with Gasteiger partial charge in [0.25, 0.3) is 0 Å². The Balaban J connectivity index is 3.08. The van der Waals surface area contributed by atoms with E-state index in [2.05, 4.69) is 28.7 Å². The Morgan fingerprint density at radius 3 is 2.62 bits per heavy atom. The summed E-state index contributed by atoms with van der Waals surface area (Å²) in [6.45, 7) is 0. The van der Waals surface area contributed by atoms with Crippen LogP contribution in [0.1, 0.15) is 0 Å². The van der Waals surface area contributed by atoms with Gasteiger partial charge in [-0.25, -0.2) is 0 Å². The van der Waals surface area contributed by atoms with Crippen LogP contribution in [0, 0.1) is 9.64 Å². The predicted octanol–water partition coefficient (Wildman–Crippen LogP) is 1.80. The second-order valence-corrected chi connectivity index (χ2v) is 2.66. The molecule has 0 aliphatic carbocycles.